The number of hydrogen-bond acceptors (Lipinski definition) is 1. The van der Waals surface area contributed by atoms with E-state index in [0.29, 0.717) is 6.54 Å². The summed E-state index contributed by atoms with van der Waals surface area (Å²) in [5.74, 6) is 0.00820. The molecule has 0 fully saturated rings. The van der Waals surface area contributed by atoms with E-state index in [1.54, 1.807) is 0 Å². The van der Waals surface area contributed by atoms with Gasteiger partial charge in [0.15, 0.2) is 0 Å². The Morgan fingerprint density at radius 2 is 0.732 bits per heavy atom. The normalized spacial score (nSPS) is 9.39. The zero-order valence-corrected chi connectivity index (χ0v) is 23.8. The van der Waals surface area contributed by atoms with Gasteiger partial charge >= 0.3 is 0 Å². The second kappa shape index (κ2) is 20.6. The molecule has 41 heavy (non-hydrogen) atoms. The second-order valence-electron chi connectivity index (χ2n) is 10.5. The first-order valence-electron chi connectivity index (χ1n) is 13.2. The molecule has 1 aromatic carbocycles. The molecule has 0 aliphatic heterocycles. The van der Waals surface area contributed by atoms with Crippen LogP contribution in [0.4, 0.5) is 0 Å². The molecular formula is C9H11B30NO. The van der Waals surface area contributed by atoms with Crippen molar-refractivity contribution in [3.8, 4) is 0 Å². The van der Waals surface area contributed by atoms with Gasteiger partial charge in [-0.3, -0.25) is 4.79 Å². The van der Waals surface area contributed by atoms with E-state index >= 15 is 0 Å². The van der Waals surface area contributed by atoms with Crippen LogP contribution in [0, 0.1) is 0 Å². The Bertz CT molecular complexity index is 721. The van der Waals surface area contributed by atoms with Crippen LogP contribution in [0.1, 0.15) is 12.5 Å². The van der Waals surface area contributed by atoms with E-state index in [9.17, 15) is 4.79 Å². The monoisotopic (exact) mass is 479 g/mol. The molecule has 1 aromatic rings. The highest BCUT2D eigenvalue weighted by atomic mass is 16.1. The molecule has 148 valence electrons. The predicted molar refractivity (Wildman–Crippen MR) is 217 cm³/mol. The minimum atomic E-state index is -1.07. The van der Waals surface area contributed by atoms with Crippen molar-refractivity contribution in [3.63, 3.8) is 0 Å². The van der Waals surface area contributed by atoms with Gasteiger partial charge in [-0.1, -0.05) is 30.3 Å². The zero-order chi connectivity index (χ0) is 32.2. The van der Waals surface area contributed by atoms with Crippen LogP contribution in [0.25, 0.3) is 0 Å². The molecule has 0 atom stereocenters. The van der Waals surface area contributed by atoms with Gasteiger partial charge in [0.05, 0.1) is 0 Å². The Morgan fingerprint density at radius 3 is 0.927 bits per heavy atom. The van der Waals surface area contributed by atoms with Crippen LogP contribution >= 0.6 is 0 Å². The van der Waals surface area contributed by atoms with Gasteiger partial charge in [-0.15, -0.1) is 0 Å². The third-order valence-electron chi connectivity index (χ3n) is 7.16. The molecule has 0 bridgehead atoms. The minimum Gasteiger partial charge on any atom is -0.352 e. The van der Waals surface area contributed by atoms with E-state index in [1.165, 1.54) is 6.92 Å². The van der Waals surface area contributed by atoms with Crippen molar-refractivity contribution in [1.29, 1.82) is 0 Å². The molecular weight excluding hydrogens is 462 g/mol. The van der Waals surface area contributed by atoms with E-state index in [-0.39, 0.29) is 5.91 Å². The molecule has 1 amide bonds. The lowest BCUT2D eigenvalue weighted by Crippen LogP contribution is -2.88. The Kier molecular flexibility index (Phi) is 20.9. The first-order chi connectivity index (χ1) is 18.9. The van der Waals surface area contributed by atoms with Gasteiger partial charge in [-0.2, -0.15) is 0 Å². The largest absolute Gasteiger partial charge is 0.352 e. The summed E-state index contributed by atoms with van der Waals surface area (Å²) in [6, 6.07) is 9.83. The summed E-state index contributed by atoms with van der Waals surface area (Å²) in [4.78, 5) is 10.5. The first-order valence-corrected chi connectivity index (χ1v) is 13.2. The topological polar surface area (TPSA) is 29.1 Å². The third kappa shape index (κ3) is 14.1. The number of carbonyl (C=O) groups is 1. The van der Waals surface area contributed by atoms with E-state index in [2.05, 4.69) is 5.32 Å². The summed E-state index contributed by atoms with van der Waals surface area (Å²) in [7, 11) is 96.4. The van der Waals surface area contributed by atoms with Crippen molar-refractivity contribution in [2.75, 3.05) is 0 Å². The molecule has 0 saturated carbocycles. The standard InChI is InChI=1S/C9H11NO.B30/c1-8(11)10-7-9-5-3-2-4-6-9;1-17(2)25(18(3)4)29(26(19(5)6)20(7)8)30(27(21(9)10)22(11)12)28(23(13)14)24(15)16/h2-6H,7H2,1H3,(H,10,11);. The maximum Gasteiger partial charge on any atom is 0.217 e. The lowest BCUT2D eigenvalue weighted by Gasteiger charge is -2.50. The lowest BCUT2D eigenvalue weighted by atomic mass is 8.31. The number of benzene rings is 1. The molecule has 32 heteroatoms. The van der Waals surface area contributed by atoms with Crippen LogP contribution in [0.3, 0.4) is 0 Å². The lowest BCUT2D eigenvalue weighted by molar-refractivity contribution is -0.119. The van der Waals surface area contributed by atoms with E-state index in [1.807, 2.05) is 30.3 Å². The van der Waals surface area contributed by atoms with E-state index < -0.39 is 89.4 Å². The second-order valence-corrected chi connectivity index (χ2v) is 10.5. The fourth-order valence-corrected chi connectivity index (χ4v) is 5.44. The van der Waals surface area contributed by atoms with Gasteiger partial charge in [-0.25, -0.2) is 0 Å². The van der Waals surface area contributed by atoms with Gasteiger partial charge in [0, 0.05) is 227 Å². The Hall–Kier alpha value is 0.638. The fourth-order valence-electron chi connectivity index (χ4n) is 5.44. The van der Waals surface area contributed by atoms with Crippen LogP contribution in [0.5, 0.6) is 0 Å². The summed E-state index contributed by atoms with van der Waals surface area (Å²) in [5.41, 5.74) is 1.13. The number of amides is 1. The van der Waals surface area contributed by atoms with Gasteiger partial charge in [0.1, 0.15) is 0 Å². The average Bonchev–Trinajstić information content (AvgIpc) is 2.81. The SMILES string of the molecule is CC(=O)NCc1ccccc1.[B]B([B])B(B([B])[B])B(B(B([B])[B])B([B])[B])B(B(B([B])[B])B([B])[B])B(B([B])[B])B([B])[B]. The Morgan fingerprint density at radius 1 is 0.488 bits per heavy atom. The molecule has 2 nitrogen and oxygen atoms in total. The molecule has 0 saturated heterocycles. The van der Waals surface area contributed by atoms with E-state index in [0.717, 1.165) is 5.56 Å². The summed E-state index contributed by atoms with van der Waals surface area (Å²) < 4.78 is 0. The fraction of sp³-hybridized carbons (Fsp3) is 0.222. The van der Waals surface area contributed by atoms with Gasteiger partial charge < -0.3 is 5.32 Å². The number of carbonyl (C=O) groups excluding carboxylic acids is 1. The number of nitrogens with one attached hydrogen (secondary N) is 1. The van der Waals surface area contributed by atoms with Crippen molar-refractivity contribution in [2.24, 2.45) is 0 Å². The van der Waals surface area contributed by atoms with Gasteiger partial charge in [0.2, 0.25) is 5.91 Å². The maximum absolute atomic E-state index is 10.5. The number of rotatable bonds is 15. The highest BCUT2D eigenvalue weighted by molar-refractivity contribution is 8.27. The smallest absolute Gasteiger partial charge is 0.217 e. The van der Waals surface area contributed by atoms with Crippen molar-refractivity contribution >= 4 is 219 Å². The van der Waals surface area contributed by atoms with Crippen LogP contribution in [-0.2, 0) is 11.3 Å². The van der Waals surface area contributed by atoms with Crippen molar-refractivity contribution < 1.29 is 4.79 Å². The molecule has 0 heterocycles. The molecule has 0 unspecified atom stereocenters. The van der Waals surface area contributed by atoms with Crippen LogP contribution in [0.15, 0.2) is 30.3 Å². The molecule has 0 aliphatic carbocycles. The first kappa shape index (κ1) is 41.6. The van der Waals surface area contributed by atoms with Gasteiger partial charge in [-0.05, 0) is 5.56 Å². The Labute approximate surface area is 277 Å². The van der Waals surface area contributed by atoms with Crippen molar-refractivity contribution in [1.82, 2.24) is 5.32 Å². The molecule has 1 N–H and O–H groups in total. The predicted octanol–water partition coefficient (Wildman–Crippen LogP) is -10.1. The molecule has 0 aliphatic rings. The van der Waals surface area contributed by atoms with Crippen LogP contribution in [0.2, 0.25) is 0 Å². The molecule has 1 rings (SSSR count). The average molecular weight is 474 g/mol. The molecule has 0 aromatic heterocycles. The minimum absolute atomic E-state index is 0.00820. The van der Waals surface area contributed by atoms with Crippen LogP contribution in [-0.4, -0.2) is 219 Å². The van der Waals surface area contributed by atoms with Crippen molar-refractivity contribution in [3.05, 3.63) is 35.9 Å². The number of hydrogen-bond donors (Lipinski definition) is 1. The summed E-state index contributed by atoms with van der Waals surface area (Å²) >= 11 is 0. The summed E-state index contributed by atoms with van der Waals surface area (Å²) in [6.45, 7) is 2.14. The molecule has 32 radical (unpaired) electrons. The third-order valence-corrected chi connectivity index (χ3v) is 7.16. The highest BCUT2D eigenvalue weighted by Crippen LogP contribution is 2.14. The van der Waals surface area contributed by atoms with Gasteiger partial charge in [0.25, 0.3) is 0 Å². The zero-order valence-electron chi connectivity index (χ0n) is 23.8. The van der Waals surface area contributed by atoms with Crippen molar-refractivity contribution in [2.45, 2.75) is 13.5 Å². The Balaban J connectivity index is 0.00000120. The van der Waals surface area contributed by atoms with E-state index in [4.69, 9.17) is 124 Å². The maximum atomic E-state index is 10.5. The summed E-state index contributed by atoms with van der Waals surface area (Å²) in [6.07, 6.45) is -13.7. The summed E-state index contributed by atoms with van der Waals surface area (Å²) in [5, 5.41) is 2.72. The highest BCUT2D eigenvalue weighted by Gasteiger charge is 2.52. The van der Waals surface area contributed by atoms with Crippen LogP contribution < -0.4 is 5.32 Å². The quantitative estimate of drug-likeness (QED) is 0.252. The molecule has 0 spiro atoms.